The Balaban J connectivity index is 2.16. The number of benzene rings is 1. The van der Waals surface area contributed by atoms with E-state index in [-0.39, 0.29) is 12.6 Å². The molecule has 0 saturated heterocycles. The van der Waals surface area contributed by atoms with E-state index in [0.29, 0.717) is 12.1 Å². The van der Waals surface area contributed by atoms with Crippen molar-refractivity contribution in [1.29, 1.82) is 0 Å². The van der Waals surface area contributed by atoms with Gasteiger partial charge in [0.15, 0.2) is 0 Å². The number of anilines is 1. The van der Waals surface area contributed by atoms with Crippen molar-refractivity contribution in [2.24, 2.45) is 5.73 Å². The lowest BCUT2D eigenvalue weighted by Gasteiger charge is -2.33. The first-order valence-corrected chi connectivity index (χ1v) is 8.20. The fraction of sp³-hybridized carbons (Fsp3) is 0.538. The van der Waals surface area contributed by atoms with Gasteiger partial charge in [0.2, 0.25) is 10.0 Å². The summed E-state index contributed by atoms with van der Waals surface area (Å²) in [7, 11) is -3.80. The SMILES string of the molecule is NC1Cc2ccccc2N(S(=O)(=O)CCCC(F)(F)F)C1. The molecule has 0 fully saturated rings. The molecule has 1 aliphatic rings. The van der Waals surface area contributed by atoms with Gasteiger partial charge in [-0.3, -0.25) is 4.31 Å². The van der Waals surface area contributed by atoms with Crippen LogP contribution < -0.4 is 10.0 Å². The summed E-state index contributed by atoms with van der Waals surface area (Å²) >= 11 is 0. The molecule has 1 heterocycles. The first kappa shape index (κ1) is 16.1. The minimum atomic E-state index is -4.34. The number of rotatable bonds is 4. The predicted octanol–water partition coefficient (Wildman–Crippen LogP) is 2.05. The second kappa shape index (κ2) is 5.84. The summed E-state index contributed by atoms with van der Waals surface area (Å²) in [4.78, 5) is 0. The van der Waals surface area contributed by atoms with Crippen LogP contribution in [0.4, 0.5) is 18.9 Å². The van der Waals surface area contributed by atoms with Crippen molar-refractivity contribution in [3.8, 4) is 0 Å². The minimum Gasteiger partial charge on any atom is -0.326 e. The van der Waals surface area contributed by atoms with E-state index in [4.69, 9.17) is 5.73 Å². The fourth-order valence-electron chi connectivity index (χ4n) is 2.41. The van der Waals surface area contributed by atoms with E-state index < -0.39 is 34.8 Å². The summed E-state index contributed by atoms with van der Waals surface area (Å²) in [5.74, 6) is -0.534. The fourth-order valence-corrected chi connectivity index (χ4v) is 4.04. The number of nitrogens with zero attached hydrogens (tertiary/aromatic N) is 1. The lowest BCUT2D eigenvalue weighted by Crippen LogP contribution is -2.47. The van der Waals surface area contributed by atoms with Gasteiger partial charge in [-0.2, -0.15) is 13.2 Å². The van der Waals surface area contributed by atoms with Crippen LogP contribution in [0.25, 0.3) is 0 Å². The Kier molecular flexibility index (Phi) is 4.48. The maximum absolute atomic E-state index is 12.3. The van der Waals surface area contributed by atoms with E-state index in [1.165, 1.54) is 0 Å². The second-order valence-electron chi connectivity index (χ2n) is 5.16. The maximum atomic E-state index is 12.3. The average molecular weight is 322 g/mol. The highest BCUT2D eigenvalue weighted by molar-refractivity contribution is 7.92. The lowest BCUT2D eigenvalue weighted by molar-refractivity contribution is -0.134. The number of sulfonamides is 1. The van der Waals surface area contributed by atoms with Crippen LogP contribution in [-0.2, 0) is 16.4 Å². The first-order valence-electron chi connectivity index (χ1n) is 6.60. The molecule has 2 rings (SSSR count). The molecule has 1 aliphatic heterocycles. The molecule has 0 spiro atoms. The molecule has 0 amide bonds. The Bertz CT molecular complexity index is 602. The standard InChI is InChI=1S/C13H17F3N2O2S/c14-13(15,16)6-3-7-21(19,20)18-9-11(17)8-10-4-1-2-5-12(10)18/h1-2,4-5,11H,3,6-9,17H2. The quantitative estimate of drug-likeness (QED) is 0.923. The van der Waals surface area contributed by atoms with Crippen LogP contribution in [-0.4, -0.2) is 32.9 Å². The van der Waals surface area contributed by atoms with Crippen molar-refractivity contribution in [2.75, 3.05) is 16.6 Å². The molecule has 1 atom stereocenters. The smallest absolute Gasteiger partial charge is 0.326 e. The van der Waals surface area contributed by atoms with Gasteiger partial charge in [-0.1, -0.05) is 18.2 Å². The Morgan fingerprint density at radius 3 is 2.62 bits per heavy atom. The molecule has 118 valence electrons. The normalized spacial score (nSPS) is 19.4. The van der Waals surface area contributed by atoms with Gasteiger partial charge >= 0.3 is 6.18 Å². The van der Waals surface area contributed by atoms with Gasteiger partial charge in [0.05, 0.1) is 11.4 Å². The molecule has 0 radical (unpaired) electrons. The van der Waals surface area contributed by atoms with Gasteiger partial charge < -0.3 is 5.73 Å². The van der Waals surface area contributed by atoms with E-state index in [1.807, 2.05) is 0 Å². The highest BCUT2D eigenvalue weighted by Crippen LogP contribution is 2.30. The van der Waals surface area contributed by atoms with Crippen LogP contribution >= 0.6 is 0 Å². The summed E-state index contributed by atoms with van der Waals surface area (Å²) < 4.78 is 62.1. The number of alkyl halides is 3. The Labute approximate surface area is 121 Å². The number of para-hydroxylation sites is 1. The zero-order valence-electron chi connectivity index (χ0n) is 11.3. The molecule has 1 unspecified atom stereocenters. The van der Waals surface area contributed by atoms with Crippen LogP contribution in [0.15, 0.2) is 24.3 Å². The summed E-state index contributed by atoms with van der Waals surface area (Å²) in [5, 5.41) is 0. The first-order chi connectivity index (χ1) is 9.69. The second-order valence-corrected chi connectivity index (χ2v) is 7.17. The van der Waals surface area contributed by atoms with Gasteiger partial charge in [0.25, 0.3) is 0 Å². The molecule has 0 bridgehead atoms. The maximum Gasteiger partial charge on any atom is 0.389 e. The largest absolute Gasteiger partial charge is 0.389 e. The van der Waals surface area contributed by atoms with E-state index in [2.05, 4.69) is 0 Å². The minimum absolute atomic E-state index is 0.103. The van der Waals surface area contributed by atoms with Crippen LogP contribution in [0.5, 0.6) is 0 Å². The molecule has 0 aliphatic carbocycles. The van der Waals surface area contributed by atoms with Crippen LogP contribution in [0.3, 0.4) is 0 Å². The Hall–Kier alpha value is -1.28. The third-order valence-electron chi connectivity index (χ3n) is 3.34. The molecule has 1 aromatic carbocycles. The van der Waals surface area contributed by atoms with Gasteiger partial charge in [-0.15, -0.1) is 0 Å². The van der Waals surface area contributed by atoms with Crippen molar-refractivity contribution in [1.82, 2.24) is 0 Å². The van der Waals surface area contributed by atoms with Crippen molar-refractivity contribution >= 4 is 15.7 Å². The van der Waals surface area contributed by atoms with E-state index in [0.717, 1.165) is 9.87 Å². The van der Waals surface area contributed by atoms with E-state index in [9.17, 15) is 21.6 Å². The molecular weight excluding hydrogens is 305 g/mol. The van der Waals surface area contributed by atoms with Crippen LogP contribution in [0, 0.1) is 0 Å². The molecule has 4 nitrogen and oxygen atoms in total. The Morgan fingerprint density at radius 1 is 1.29 bits per heavy atom. The topological polar surface area (TPSA) is 63.4 Å². The summed E-state index contributed by atoms with van der Waals surface area (Å²) in [6.45, 7) is 0.103. The summed E-state index contributed by atoms with van der Waals surface area (Å²) in [6.07, 6.45) is -5.33. The van der Waals surface area contributed by atoms with E-state index in [1.54, 1.807) is 24.3 Å². The Morgan fingerprint density at radius 2 is 1.95 bits per heavy atom. The molecule has 0 aromatic heterocycles. The summed E-state index contributed by atoms with van der Waals surface area (Å²) in [5.41, 5.74) is 7.17. The highest BCUT2D eigenvalue weighted by Gasteiger charge is 2.32. The van der Waals surface area contributed by atoms with Gasteiger partial charge in [-0.25, -0.2) is 8.42 Å². The van der Waals surface area contributed by atoms with Crippen LogP contribution in [0.1, 0.15) is 18.4 Å². The number of halogens is 3. The van der Waals surface area contributed by atoms with Gasteiger partial charge in [-0.05, 0) is 24.5 Å². The molecule has 8 heteroatoms. The molecule has 21 heavy (non-hydrogen) atoms. The molecule has 2 N–H and O–H groups in total. The van der Waals surface area contributed by atoms with Crippen molar-refractivity contribution < 1.29 is 21.6 Å². The molecule has 0 saturated carbocycles. The number of nitrogens with two attached hydrogens (primary N) is 1. The van der Waals surface area contributed by atoms with Crippen molar-refractivity contribution in [3.05, 3.63) is 29.8 Å². The summed E-state index contributed by atoms with van der Waals surface area (Å²) in [6, 6.07) is 6.58. The highest BCUT2D eigenvalue weighted by atomic mass is 32.2. The third-order valence-corrected chi connectivity index (χ3v) is 5.16. The van der Waals surface area contributed by atoms with Crippen molar-refractivity contribution in [2.45, 2.75) is 31.5 Å². The number of fused-ring (bicyclic) bond motifs is 1. The molecular formula is C13H17F3N2O2S. The average Bonchev–Trinajstić information content (AvgIpc) is 2.35. The van der Waals surface area contributed by atoms with Crippen molar-refractivity contribution in [3.63, 3.8) is 0 Å². The van der Waals surface area contributed by atoms with Crippen LogP contribution in [0.2, 0.25) is 0 Å². The predicted molar refractivity (Wildman–Crippen MR) is 74.5 cm³/mol. The number of hydrogen-bond donors (Lipinski definition) is 1. The van der Waals surface area contributed by atoms with Gasteiger partial charge in [0, 0.05) is 19.0 Å². The zero-order valence-corrected chi connectivity index (χ0v) is 12.1. The zero-order chi connectivity index (χ0) is 15.7. The van der Waals surface area contributed by atoms with Gasteiger partial charge in [0.1, 0.15) is 0 Å². The monoisotopic (exact) mass is 322 g/mol. The third kappa shape index (κ3) is 4.10. The molecule has 1 aromatic rings. The lowest BCUT2D eigenvalue weighted by atomic mass is 10.0. The van der Waals surface area contributed by atoms with E-state index >= 15 is 0 Å². The number of hydrogen-bond acceptors (Lipinski definition) is 3.